The zero-order chi connectivity index (χ0) is 12.1. The highest BCUT2D eigenvalue weighted by molar-refractivity contribution is 5.78. The van der Waals surface area contributed by atoms with E-state index in [2.05, 4.69) is 10.3 Å². The van der Waals surface area contributed by atoms with Crippen molar-refractivity contribution in [2.75, 3.05) is 13.1 Å². The van der Waals surface area contributed by atoms with Gasteiger partial charge in [0.05, 0.1) is 18.8 Å². The molecule has 0 bridgehead atoms. The second-order valence-corrected chi connectivity index (χ2v) is 4.38. The van der Waals surface area contributed by atoms with Crippen LogP contribution in [0.5, 0.6) is 0 Å². The number of nitrogens with zero attached hydrogens (tertiary/aromatic N) is 2. The summed E-state index contributed by atoms with van der Waals surface area (Å²) in [4.78, 5) is 18.0. The third kappa shape index (κ3) is 3.82. The maximum atomic E-state index is 11.9. The molecule has 0 aromatic carbocycles. The second-order valence-electron chi connectivity index (χ2n) is 4.38. The van der Waals surface area contributed by atoms with Crippen molar-refractivity contribution in [2.45, 2.75) is 32.4 Å². The topological polar surface area (TPSA) is 45.2 Å². The fraction of sp³-hybridized carbons (Fsp3) is 0.538. The lowest BCUT2D eigenvalue weighted by Gasteiger charge is -2.20. The molecule has 1 amide bonds. The summed E-state index contributed by atoms with van der Waals surface area (Å²) in [5.41, 5.74) is 0.939. The van der Waals surface area contributed by atoms with Crippen molar-refractivity contribution in [1.29, 1.82) is 0 Å². The van der Waals surface area contributed by atoms with E-state index in [4.69, 9.17) is 0 Å². The van der Waals surface area contributed by atoms with Gasteiger partial charge in [0, 0.05) is 18.8 Å². The summed E-state index contributed by atoms with van der Waals surface area (Å²) in [5, 5.41) is 3.25. The zero-order valence-electron chi connectivity index (χ0n) is 10.2. The average Bonchev–Trinajstić information content (AvgIpc) is 3.18. The van der Waals surface area contributed by atoms with Crippen LogP contribution in [0.1, 0.15) is 25.5 Å². The first-order valence-electron chi connectivity index (χ1n) is 6.20. The summed E-state index contributed by atoms with van der Waals surface area (Å²) >= 11 is 0. The van der Waals surface area contributed by atoms with E-state index in [-0.39, 0.29) is 5.91 Å². The molecule has 1 aromatic rings. The lowest BCUT2D eigenvalue weighted by molar-refractivity contribution is -0.130. The van der Waals surface area contributed by atoms with E-state index in [0.717, 1.165) is 12.2 Å². The number of rotatable bonds is 6. The molecule has 0 aliphatic heterocycles. The zero-order valence-corrected chi connectivity index (χ0v) is 10.2. The van der Waals surface area contributed by atoms with Crippen LogP contribution in [0.4, 0.5) is 0 Å². The van der Waals surface area contributed by atoms with Gasteiger partial charge < -0.3 is 10.2 Å². The van der Waals surface area contributed by atoms with E-state index < -0.39 is 0 Å². The van der Waals surface area contributed by atoms with Gasteiger partial charge in [0.1, 0.15) is 0 Å². The summed E-state index contributed by atoms with van der Waals surface area (Å²) in [6, 6.07) is 6.36. The number of aromatic nitrogens is 1. The number of hydrogen-bond acceptors (Lipinski definition) is 3. The number of pyridine rings is 1. The van der Waals surface area contributed by atoms with Gasteiger partial charge in [-0.15, -0.1) is 0 Å². The van der Waals surface area contributed by atoms with Crippen LogP contribution in [0, 0.1) is 0 Å². The Hall–Kier alpha value is -1.42. The molecule has 0 spiro atoms. The molecule has 0 radical (unpaired) electrons. The number of amides is 1. The first-order chi connectivity index (χ1) is 8.29. The Morgan fingerprint density at radius 3 is 2.94 bits per heavy atom. The molecule has 4 heteroatoms. The minimum atomic E-state index is 0.157. The number of hydrogen-bond donors (Lipinski definition) is 1. The maximum Gasteiger partial charge on any atom is 0.236 e. The second kappa shape index (κ2) is 5.77. The molecule has 0 unspecified atom stereocenters. The van der Waals surface area contributed by atoms with Crippen LogP contribution in [0.3, 0.4) is 0 Å². The quantitative estimate of drug-likeness (QED) is 0.802. The molecular formula is C13H19N3O. The Bertz CT molecular complexity index is 362. The van der Waals surface area contributed by atoms with E-state index >= 15 is 0 Å². The van der Waals surface area contributed by atoms with Crippen molar-refractivity contribution in [2.24, 2.45) is 0 Å². The Morgan fingerprint density at radius 2 is 2.35 bits per heavy atom. The van der Waals surface area contributed by atoms with Gasteiger partial charge in [0.15, 0.2) is 0 Å². The highest BCUT2D eigenvalue weighted by Crippen LogP contribution is 2.18. The summed E-state index contributed by atoms with van der Waals surface area (Å²) in [7, 11) is 0. The van der Waals surface area contributed by atoms with E-state index in [1.54, 1.807) is 6.20 Å². The van der Waals surface area contributed by atoms with Crippen molar-refractivity contribution in [3.8, 4) is 0 Å². The third-order valence-electron chi connectivity index (χ3n) is 2.93. The van der Waals surface area contributed by atoms with Gasteiger partial charge >= 0.3 is 0 Å². The molecule has 1 aliphatic carbocycles. The standard InChI is InChI=1S/C13H19N3O/c1-2-16(10-12-5-3-4-8-14-12)13(17)9-15-11-6-7-11/h3-5,8,11,15H,2,6-7,9-10H2,1H3. The van der Waals surface area contributed by atoms with Gasteiger partial charge in [-0.3, -0.25) is 9.78 Å². The summed E-state index contributed by atoms with van der Waals surface area (Å²) in [6.45, 7) is 3.77. The van der Waals surface area contributed by atoms with Crippen LogP contribution in [0.2, 0.25) is 0 Å². The number of carbonyl (C=O) groups excluding carboxylic acids is 1. The summed E-state index contributed by atoms with van der Waals surface area (Å²) < 4.78 is 0. The highest BCUT2D eigenvalue weighted by atomic mass is 16.2. The Labute approximate surface area is 102 Å². The molecule has 1 N–H and O–H groups in total. The molecular weight excluding hydrogens is 214 g/mol. The van der Waals surface area contributed by atoms with E-state index in [0.29, 0.717) is 19.1 Å². The Kier molecular flexibility index (Phi) is 4.09. The van der Waals surface area contributed by atoms with Gasteiger partial charge in [-0.1, -0.05) is 6.07 Å². The number of carbonyl (C=O) groups is 1. The van der Waals surface area contributed by atoms with E-state index in [1.165, 1.54) is 12.8 Å². The minimum absolute atomic E-state index is 0.157. The normalized spacial score (nSPS) is 14.6. The number of likely N-dealkylation sites (N-methyl/N-ethyl adjacent to an activating group) is 1. The first-order valence-corrected chi connectivity index (χ1v) is 6.20. The largest absolute Gasteiger partial charge is 0.336 e. The van der Waals surface area contributed by atoms with Crippen LogP contribution in [0.25, 0.3) is 0 Å². The molecule has 1 fully saturated rings. The molecule has 1 aliphatic rings. The molecule has 1 aromatic heterocycles. The van der Waals surface area contributed by atoms with Crippen LogP contribution >= 0.6 is 0 Å². The van der Waals surface area contributed by atoms with Gasteiger partial charge in [-0.2, -0.15) is 0 Å². The fourth-order valence-corrected chi connectivity index (χ4v) is 1.69. The number of nitrogens with one attached hydrogen (secondary N) is 1. The third-order valence-corrected chi connectivity index (χ3v) is 2.93. The van der Waals surface area contributed by atoms with Crippen molar-refractivity contribution in [1.82, 2.24) is 15.2 Å². The van der Waals surface area contributed by atoms with Crippen LogP contribution in [-0.4, -0.2) is 34.9 Å². The van der Waals surface area contributed by atoms with Crippen molar-refractivity contribution < 1.29 is 4.79 Å². The van der Waals surface area contributed by atoms with Crippen LogP contribution < -0.4 is 5.32 Å². The van der Waals surface area contributed by atoms with E-state index in [9.17, 15) is 4.79 Å². The molecule has 2 rings (SSSR count). The average molecular weight is 233 g/mol. The molecule has 1 saturated carbocycles. The smallest absolute Gasteiger partial charge is 0.236 e. The molecule has 92 valence electrons. The van der Waals surface area contributed by atoms with Gasteiger partial charge in [0.2, 0.25) is 5.91 Å². The predicted octanol–water partition coefficient (Wildman–Crippen LogP) is 1.18. The van der Waals surface area contributed by atoms with Crippen molar-refractivity contribution in [3.05, 3.63) is 30.1 Å². The van der Waals surface area contributed by atoms with Crippen molar-refractivity contribution >= 4 is 5.91 Å². The Morgan fingerprint density at radius 1 is 1.53 bits per heavy atom. The molecule has 17 heavy (non-hydrogen) atoms. The molecule has 0 saturated heterocycles. The SMILES string of the molecule is CCN(Cc1ccccn1)C(=O)CNC1CC1. The van der Waals surface area contributed by atoms with Crippen LogP contribution in [-0.2, 0) is 11.3 Å². The first kappa shape index (κ1) is 12.0. The minimum Gasteiger partial charge on any atom is -0.336 e. The molecule has 0 atom stereocenters. The fourth-order valence-electron chi connectivity index (χ4n) is 1.69. The lowest BCUT2D eigenvalue weighted by atomic mass is 10.3. The van der Waals surface area contributed by atoms with Gasteiger partial charge in [0.25, 0.3) is 0 Å². The monoisotopic (exact) mass is 233 g/mol. The maximum absolute atomic E-state index is 11.9. The summed E-state index contributed by atoms with van der Waals surface area (Å²) in [6.07, 6.45) is 4.18. The summed E-state index contributed by atoms with van der Waals surface area (Å²) in [5.74, 6) is 0.157. The van der Waals surface area contributed by atoms with Crippen molar-refractivity contribution in [3.63, 3.8) is 0 Å². The predicted molar refractivity (Wildman–Crippen MR) is 66.4 cm³/mol. The van der Waals surface area contributed by atoms with Crippen LogP contribution in [0.15, 0.2) is 24.4 Å². The van der Waals surface area contributed by atoms with E-state index in [1.807, 2.05) is 30.0 Å². The highest BCUT2D eigenvalue weighted by Gasteiger charge is 2.22. The molecule has 4 nitrogen and oxygen atoms in total. The van der Waals surface area contributed by atoms with Gasteiger partial charge in [-0.05, 0) is 31.9 Å². The van der Waals surface area contributed by atoms with Gasteiger partial charge in [-0.25, -0.2) is 0 Å². The lowest BCUT2D eigenvalue weighted by Crippen LogP contribution is -2.38. The molecule has 1 heterocycles. The Balaban J connectivity index is 1.84.